The first-order chi connectivity index (χ1) is 4.06. The summed E-state index contributed by atoms with van der Waals surface area (Å²) in [6.07, 6.45) is 1.46. The lowest BCUT2D eigenvalue weighted by Crippen LogP contribution is -1.76. The van der Waals surface area contributed by atoms with E-state index in [0.717, 1.165) is 6.08 Å². The fourth-order valence-electron chi connectivity index (χ4n) is 0.140. The molecule has 0 spiro atoms. The molecule has 0 atom stereocenters. The smallest absolute Gasteiger partial charge is 0.411 e. The zero-order valence-electron chi connectivity index (χ0n) is 4.26. The summed E-state index contributed by atoms with van der Waals surface area (Å²) in [5.41, 5.74) is 0. The van der Waals surface area contributed by atoms with Crippen molar-refractivity contribution in [1.82, 2.24) is 0 Å². The zero-order valence-corrected chi connectivity index (χ0v) is 5.15. The third-order valence-electron chi connectivity index (χ3n) is 0.341. The summed E-state index contributed by atoms with van der Waals surface area (Å²) in [5.74, 6) is 0. The Hall–Kier alpha value is -0.820. The van der Waals surface area contributed by atoms with Crippen LogP contribution in [-0.4, -0.2) is 9.79 Å². The Bertz CT molecular complexity index is 186. The molecule has 6 heteroatoms. The largest absolute Gasteiger partial charge is 0.524 e. The molecule has 0 aliphatic carbocycles. The molecule has 0 amide bonds. The monoisotopic (exact) mass is 149 g/mol. The minimum atomic E-state index is -4.43. The number of rotatable bonds is 2. The first kappa shape index (κ1) is 8.18. The van der Waals surface area contributed by atoms with E-state index in [-0.39, 0.29) is 0 Å². The van der Waals surface area contributed by atoms with Crippen LogP contribution < -0.4 is 0 Å². The summed E-state index contributed by atoms with van der Waals surface area (Å²) in [5, 5.41) is 7.79. The molecule has 0 aliphatic rings. The van der Waals surface area contributed by atoms with Gasteiger partial charge in [0.05, 0.1) is 12.1 Å². The van der Waals surface area contributed by atoms with Gasteiger partial charge < -0.3 is 4.52 Å². The molecule has 0 aromatic rings. The number of allylic oxidation sites excluding steroid dienone is 1. The van der Waals surface area contributed by atoms with Crippen molar-refractivity contribution in [2.24, 2.45) is 0 Å². The molecule has 0 aromatic carbocycles. The summed E-state index contributed by atoms with van der Waals surface area (Å²) in [7, 11) is -4.43. The normalized spacial score (nSPS) is 11.2. The van der Waals surface area contributed by atoms with Gasteiger partial charge in [0, 0.05) is 0 Å². The minimum absolute atomic E-state index is 0.640. The lowest BCUT2D eigenvalue weighted by atomic mass is 10.7. The van der Waals surface area contributed by atoms with Crippen LogP contribution in [0.1, 0.15) is 0 Å². The van der Waals surface area contributed by atoms with Gasteiger partial charge in [-0.2, -0.15) is 5.26 Å². The molecule has 0 heterocycles. The van der Waals surface area contributed by atoms with Crippen molar-refractivity contribution < 1.29 is 18.9 Å². The Balaban J connectivity index is 3.68. The fourth-order valence-corrected chi connectivity index (χ4v) is 0.360. The summed E-state index contributed by atoms with van der Waals surface area (Å²) >= 11 is 0. The van der Waals surface area contributed by atoms with Crippen molar-refractivity contribution in [1.29, 1.82) is 5.26 Å². The quantitative estimate of drug-likeness (QED) is 0.331. The van der Waals surface area contributed by atoms with Gasteiger partial charge in [-0.1, -0.05) is 0 Å². The highest BCUT2D eigenvalue weighted by molar-refractivity contribution is 7.46. The molecule has 0 radical (unpaired) electrons. The molecule has 0 unspecified atom stereocenters. The zero-order chi connectivity index (χ0) is 7.33. The molecule has 0 saturated carbocycles. The molecule has 5 nitrogen and oxygen atoms in total. The molecule has 0 saturated heterocycles. The van der Waals surface area contributed by atoms with E-state index in [2.05, 4.69) is 4.52 Å². The SMILES string of the molecule is N#C/C=C\OP(=O)(O)O. The Labute approximate surface area is 51.4 Å². The van der Waals surface area contributed by atoms with Crippen LogP contribution in [0.25, 0.3) is 0 Å². The Morgan fingerprint density at radius 3 is 2.56 bits per heavy atom. The number of hydrogen-bond donors (Lipinski definition) is 2. The highest BCUT2D eigenvalue weighted by atomic mass is 31.2. The summed E-state index contributed by atoms with van der Waals surface area (Å²) in [6, 6.07) is 1.49. The number of nitrogens with zero attached hydrogens (tertiary/aromatic N) is 1. The van der Waals surface area contributed by atoms with E-state index < -0.39 is 7.82 Å². The molecule has 2 N–H and O–H groups in total. The number of phosphoric acid groups is 1. The summed E-state index contributed by atoms with van der Waals surface area (Å²) < 4.78 is 13.6. The Kier molecular flexibility index (Phi) is 2.96. The molecule has 9 heavy (non-hydrogen) atoms. The minimum Gasteiger partial charge on any atom is -0.411 e. The topological polar surface area (TPSA) is 90.5 Å². The second kappa shape index (κ2) is 3.25. The van der Waals surface area contributed by atoms with Crippen molar-refractivity contribution in [3.05, 3.63) is 12.3 Å². The fraction of sp³-hybridized carbons (Fsp3) is 0. The van der Waals surface area contributed by atoms with Crippen molar-refractivity contribution in [3.63, 3.8) is 0 Å². The van der Waals surface area contributed by atoms with E-state index in [9.17, 15) is 4.57 Å². The van der Waals surface area contributed by atoms with E-state index in [4.69, 9.17) is 15.0 Å². The molecule has 0 aliphatic heterocycles. The predicted octanol–water partition coefficient (Wildman–Crippen LogP) is 0.133. The maximum Gasteiger partial charge on any atom is 0.524 e. The average Bonchev–Trinajstić information content (AvgIpc) is 1.63. The van der Waals surface area contributed by atoms with Crippen molar-refractivity contribution >= 4 is 7.82 Å². The lowest BCUT2D eigenvalue weighted by molar-refractivity contribution is 0.258. The molecule has 50 valence electrons. The van der Waals surface area contributed by atoms with Gasteiger partial charge in [0.2, 0.25) is 0 Å². The van der Waals surface area contributed by atoms with Gasteiger partial charge in [0.15, 0.2) is 0 Å². The van der Waals surface area contributed by atoms with Crippen LogP contribution in [0.2, 0.25) is 0 Å². The molecular weight excluding hydrogens is 145 g/mol. The van der Waals surface area contributed by atoms with Crippen molar-refractivity contribution in [3.8, 4) is 6.07 Å². The third-order valence-corrected chi connectivity index (χ3v) is 0.737. The molecule has 0 bridgehead atoms. The predicted molar refractivity (Wildman–Crippen MR) is 27.9 cm³/mol. The molecule has 0 rings (SSSR count). The van der Waals surface area contributed by atoms with Crippen molar-refractivity contribution in [2.45, 2.75) is 0 Å². The van der Waals surface area contributed by atoms with Crippen LogP contribution >= 0.6 is 7.82 Å². The molecule has 0 aromatic heterocycles. The standard InChI is InChI=1S/C3H4NO4P/c4-2-1-3-8-9(5,6)7/h1,3H,(H2,5,6,7)/b3-1-. The van der Waals surface area contributed by atoms with Crippen LogP contribution in [0.15, 0.2) is 12.3 Å². The van der Waals surface area contributed by atoms with Crippen LogP contribution in [0.4, 0.5) is 0 Å². The van der Waals surface area contributed by atoms with Gasteiger partial charge in [0.1, 0.15) is 6.26 Å². The van der Waals surface area contributed by atoms with Gasteiger partial charge in [0.25, 0.3) is 0 Å². The second-order valence-electron chi connectivity index (χ2n) is 1.03. The highest BCUT2D eigenvalue weighted by Gasteiger charge is 2.10. The van der Waals surface area contributed by atoms with Gasteiger partial charge in [-0.05, 0) is 0 Å². The van der Waals surface area contributed by atoms with Gasteiger partial charge >= 0.3 is 7.82 Å². The van der Waals surface area contributed by atoms with E-state index in [0.29, 0.717) is 6.26 Å². The van der Waals surface area contributed by atoms with E-state index in [1.807, 2.05) is 0 Å². The van der Waals surface area contributed by atoms with Crippen LogP contribution in [0, 0.1) is 11.3 Å². The van der Waals surface area contributed by atoms with Crippen LogP contribution in [0.3, 0.4) is 0 Å². The number of nitriles is 1. The van der Waals surface area contributed by atoms with Gasteiger partial charge in [-0.25, -0.2) is 4.57 Å². The molecular formula is C3H4NO4P. The van der Waals surface area contributed by atoms with E-state index >= 15 is 0 Å². The highest BCUT2D eigenvalue weighted by Crippen LogP contribution is 2.35. The first-order valence-electron chi connectivity index (χ1n) is 1.85. The first-order valence-corrected chi connectivity index (χ1v) is 3.38. The third kappa shape index (κ3) is 7.18. The maximum absolute atomic E-state index is 9.82. The Morgan fingerprint density at radius 1 is 1.67 bits per heavy atom. The van der Waals surface area contributed by atoms with Gasteiger partial charge in [-0.15, -0.1) is 0 Å². The van der Waals surface area contributed by atoms with E-state index in [1.54, 1.807) is 0 Å². The van der Waals surface area contributed by atoms with Crippen LogP contribution in [0.5, 0.6) is 0 Å². The summed E-state index contributed by atoms with van der Waals surface area (Å²) in [4.78, 5) is 15.9. The molecule has 0 fully saturated rings. The van der Waals surface area contributed by atoms with Gasteiger partial charge in [-0.3, -0.25) is 9.79 Å². The van der Waals surface area contributed by atoms with Crippen LogP contribution in [-0.2, 0) is 9.09 Å². The van der Waals surface area contributed by atoms with E-state index in [1.165, 1.54) is 6.07 Å². The summed E-state index contributed by atoms with van der Waals surface area (Å²) in [6.45, 7) is 0. The lowest BCUT2D eigenvalue weighted by Gasteiger charge is -1.97. The maximum atomic E-state index is 9.82. The Morgan fingerprint density at radius 2 is 2.22 bits per heavy atom. The van der Waals surface area contributed by atoms with Crippen molar-refractivity contribution in [2.75, 3.05) is 0 Å². The second-order valence-corrected chi connectivity index (χ2v) is 2.22. The number of phosphoric ester groups is 1. The number of hydrogen-bond acceptors (Lipinski definition) is 3. The average molecular weight is 149 g/mol.